The molecule has 0 radical (unpaired) electrons. The number of carbonyl (C=O) groups is 1. The highest BCUT2D eigenvalue weighted by Gasteiger charge is 2.15. The summed E-state index contributed by atoms with van der Waals surface area (Å²) in [6, 6.07) is 12.1. The molecule has 3 aromatic rings. The lowest BCUT2D eigenvalue weighted by Gasteiger charge is -2.12. The van der Waals surface area contributed by atoms with Crippen LogP contribution in [0, 0.1) is 0 Å². The van der Waals surface area contributed by atoms with Crippen LogP contribution in [0.3, 0.4) is 0 Å². The minimum absolute atomic E-state index is 0.120. The standard InChI is InChI=1S/C20H23N3O2/c1-13(2)18-17-11-16(12-22-20(17)25-23-18)19(24)21-10-9-14(3)15-7-5-4-6-8-15/h4-8,11-14H,9-10H2,1-3H3,(H,21,24). The first-order valence-electron chi connectivity index (χ1n) is 8.64. The van der Waals surface area contributed by atoms with Crippen LogP contribution in [0.25, 0.3) is 11.1 Å². The fourth-order valence-electron chi connectivity index (χ4n) is 2.84. The van der Waals surface area contributed by atoms with Crippen LogP contribution in [-0.2, 0) is 0 Å². The third-order valence-electron chi connectivity index (χ3n) is 4.40. The highest BCUT2D eigenvalue weighted by atomic mass is 16.5. The molecule has 0 fully saturated rings. The van der Waals surface area contributed by atoms with E-state index in [0.717, 1.165) is 17.5 Å². The van der Waals surface area contributed by atoms with E-state index in [1.165, 1.54) is 11.8 Å². The van der Waals surface area contributed by atoms with Gasteiger partial charge in [-0.05, 0) is 29.9 Å². The van der Waals surface area contributed by atoms with Gasteiger partial charge in [0.1, 0.15) is 0 Å². The van der Waals surface area contributed by atoms with Crippen LogP contribution in [0.15, 0.2) is 47.1 Å². The minimum Gasteiger partial charge on any atom is -0.352 e. The number of nitrogens with one attached hydrogen (secondary N) is 1. The number of hydrogen-bond acceptors (Lipinski definition) is 4. The van der Waals surface area contributed by atoms with Crippen molar-refractivity contribution in [3.8, 4) is 0 Å². The molecule has 0 aliphatic heterocycles. The first kappa shape index (κ1) is 17.1. The van der Waals surface area contributed by atoms with Gasteiger partial charge in [-0.15, -0.1) is 0 Å². The number of hydrogen-bond donors (Lipinski definition) is 1. The summed E-state index contributed by atoms with van der Waals surface area (Å²) in [6.07, 6.45) is 2.42. The first-order chi connectivity index (χ1) is 12.1. The molecule has 3 rings (SSSR count). The Labute approximate surface area is 147 Å². The molecule has 1 atom stereocenters. The maximum Gasteiger partial charge on any atom is 0.257 e. The fraction of sp³-hybridized carbons (Fsp3) is 0.350. The van der Waals surface area contributed by atoms with Gasteiger partial charge in [0.2, 0.25) is 0 Å². The number of fused-ring (bicyclic) bond motifs is 1. The van der Waals surface area contributed by atoms with Crippen LogP contribution in [0.4, 0.5) is 0 Å². The van der Waals surface area contributed by atoms with Gasteiger partial charge in [0.25, 0.3) is 11.6 Å². The summed E-state index contributed by atoms with van der Waals surface area (Å²) in [5.41, 5.74) is 3.11. The Balaban J connectivity index is 1.63. The van der Waals surface area contributed by atoms with Crippen LogP contribution in [0.5, 0.6) is 0 Å². The van der Waals surface area contributed by atoms with Gasteiger partial charge in [-0.3, -0.25) is 4.79 Å². The molecule has 130 valence electrons. The summed E-state index contributed by atoms with van der Waals surface area (Å²) in [4.78, 5) is 16.6. The lowest BCUT2D eigenvalue weighted by Crippen LogP contribution is -2.25. The molecule has 0 bridgehead atoms. The van der Waals surface area contributed by atoms with E-state index in [0.29, 0.717) is 23.7 Å². The van der Waals surface area contributed by atoms with Gasteiger partial charge in [-0.1, -0.05) is 56.3 Å². The molecule has 5 nitrogen and oxygen atoms in total. The smallest absolute Gasteiger partial charge is 0.257 e. The molecule has 0 spiro atoms. The van der Waals surface area contributed by atoms with Gasteiger partial charge in [-0.2, -0.15) is 0 Å². The molecule has 0 aliphatic carbocycles. The molecule has 5 heteroatoms. The highest BCUT2D eigenvalue weighted by Crippen LogP contribution is 2.24. The number of nitrogens with zero attached hydrogens (tertiary/aromatic N) is 2. The lowest BCUT2D eigenvalue weighted by molar-refractivity contribution is 0.0952. The Morgan fingerprint density at radius 1 is 1.20 bits per heavy atom. The summed E-state index contributed by atoms with van der Waals surface area (Å²) in [5.74, 6) is 0.492. The Bertz CT molecular complexity index is 856. The summed E-state index contributed by atoms with van der Waals surface area (Å²) in [6.45, 7) is 6.86. The molecule has 1 unspecified atom stereocenters. The molecule has 0 saturated heterocycles. The van der Waals surface area contributed by atoms with Crippen molar-refractivity contribution in [1.29, 1.82) is 0 Å². The quantitative estimate of drug-likeness (QED) is 0.729. The second kappa shape index (κ2) is 7.47. The molecule has 0 saturated carbocycles. The Morgan fingerprint density at radius 2 is 1.96 bits per heavy atom. The van der Waals surface area contributed by atoms with Crippen LogP contribution in [-0.4, -0.2) is 22.6 Å². The summed E-state index contributed by atoms with van der Waals surface area (Å²) >= 11 is 0. The predicted molar refractivity (Wildman–Crippen MR) is 97.7 cm³/mol. The van der Waals surface area contributed by atoms with E-state index in [2.05, 4.69) is 34.5 Å². The zero-order valence-electron chi connectivity index (χ0n) is 14.8. The molecule has 2 aromatic heterocycles. The van der Waals surface area contributed by atoms with Crippen LogP contribution in [0.2, 0.25) is 0 Å². The summed E-state index contributed by atoms with van der Waals surface area (Å²) in [7, 11) is 0. The molecule has 25 heavy (non-hydrogen) atoms. The van der Waals surface area contributed by atoms with E-state index in [1.54, 1.807) is 0 Å². The number of amides is 1. The van der Waals surface area contributed by atoms with Crippen molar-refractivity contribution in [2.24, 2.45) is 0 Å². The van der Waals surface area contributed by atoms with Crippen LogP contribution >= 0.6 is 0 Å². The van der Waals surface area contributed by atoms with Gasteiger partial charge < -0.3 is 9.84 Å². The van der Waals surface area contributed by atoms with Crippen molar-refractivity contribution >= 4 is 17.0 Å². The molecule has 1 N–H and O–H groups in total. The largest absolute Gasteiger partial charge is 0.352 e. The number of aromatic nitrogens is 2. The first-order valence-corrected chi connectivity index (χ1v) is 8.64. The SMILES string of the molecule is CC(C)c1noc2ncc(C(=O)NCCC(C)c3ccccc3)cc12. The third-order valence-corrected chi connectivity index (χ3v) is 4.40. The minimum atomic E-state index is -0.120. The van der Waals surface area contributed by atoms with Crippen molar-refractivity contribution < 1.29 is 9.32 Å². The second-order valence-corrected chi connectivity index (χ2v) is 6.66. The van der Waals surface area contributed by atoms with Crippen LogP contribution in [0.1, 0.15) is 60.6 Å². The maximum atomic E-state index is 12.4. The van der Waals surface area contributed by atoms with E-state index in [-0.39, 0.29) is 11.8 Å². The van der Waals surface area contributed by atoms with Crippen molar-refractivity contribution in [3.05, 3.63) is 59.4 Å². The van der Waals surface area contributed by atoms with Crippen LogP contribution < -0.4 is 5.32 Å². The molecule has 1 amide bonds. The molecule has 1 aromatic carbocycles. The van der Waals surface area contributed by atoms with E-state index < -0.39 is 0 Å². The van der Waals surface area contributed by atoms with Gasteiger partial charge >= 0.3 is 0 Å². The van der Waals surface area contributed by atoms with E-state index >= 15 is 0 Å². The molecule has 0 aliphatic rings. The number of carbonyl (C=O) groups excluding carboxylic acids is 1. The summed E-state index contributed by atoms with van der Waals surface area (Å²) < 4.78 is 5.21. The average molecular weight is 337 g/mol. The number of pyridine rings is 1. The van der Waals surface area contributed by atoms with E-state index in [9.17, 15) is 4.79 Å². The lowest BCUT2D eigenvalue weighted by atomic mass is 9.98. The Morgan fingerprint density at radius 3 is 2.68 bits per heavy atom. The van der Waals surface area contributed by atoms with Gasteiger partial charge in [0.15, 0.2) is 0 Å². The van der Waals surface area contributed by atoms with Gasteiger partial charge in [0.05, 0.1) is 16.6 Å². The zero-order valence-corrected chi connectivity index (χ0v) is 14.8. The van der Waals surface area contributed by atoms with Crippen molar-refractivity contribution in [1.82, 2.24) is 15.5 Å². The van der Waals surface area contributed by atoms with E-state index in [1.807, 2.05) is 38.1 Å². The maximum absolute atomic E-state index is 12.4. The molecular weight excluding hydrogens is 314 g/mol. The summed E-state index contributed by atoms with van der Waals surface area (Å²) in [5, 5.41) is 7.83. The zero-order chi connectivity index (χ0) is 17.8. The van der Waals surface area contributed by atoms with Gasteiger partial charge in [-0.25, -0.2) is 4.98 Å². The monoisotopic (exact) mass is 337 g/mol. The third kappa shape index (κ3) is 3.87. The topological polar surface area (TPSA) is 68.0 Å². The van der Waals surface area contributed by atoms with Crippen molar-refractivity contribution in [3.63, 3.8) is 0 Å². The second-order valence-electron chi connectivity index (χ2n) is 6.66. The normalized spacial score (nSPS) is 12.5. The Hall–Kier alpha value is -2.69. The average Bonchev–Trinajstić information content (AvgIpc) is 3.05. The van der Waals surface area contributed by atoms with Gasteiger partial charge in [0, 0.05) is 12.7 Å². The van der Waals surface area contributed by atoms with Crippen molar-refractivity contribution in [2.75, 3.05) is 6.54 Å². The van der Waals surface area contributed by atoms with Crippen molar-refractivity contribution in [2.45, 2.75) is 39.0 Å². The fourth-order valence-corrected chi connectivity index (χ4v) is 2.84. The van der Waals surface area contributed by atoms with E-state index in [4.69, 9.17) is 4.52 Å². The Kier molecular flexibility index (Phi) is 5.12. The predicted octanol–water partition coefficient (Wildman–Crippen LogP) is 4.27. The highest BCUT2D eigenvalue weighted by molar-refractivity contribution is 5.97. The number of rotatable bonds is 6. The molecule has 2 heterocycles. The molecular formula is C20H23N3O2. The number of benzene rings is 1.